The number of carbonyl (C=O) groups excluding carboxylic acids is 3. The Bertz CT molecular complexity index is 1480. The van der Waals surface area contributed by atoms with E-state index in [9.17, 15) is 34.8 Å². The number of benzene rings is 1. The predicted molar refractivity (Wildman–Crippen MR) is 163 cm³/mol. The van der Waals surface area contributed by atoms with Crippen molar-refractivity contribution in [1.82, 2.24) is 9.80 Å². The quantitative estimate of drug-likeness (QED) is 0.271. The predicted octanol–water partition coefficient (Wildman–Crippen LogP) is 3.57. The summed E-state index contributed by atoms with van der Waals surface area (Å²) < 4.78 is 0. The van der Waals surface area contributed by atoms with Crippen LogP contribution in [-0.2, 0) is 22.6 Å². The smallest absolute Gasteiger partial charge is 0.255 e. The Balaban J connectivity index is 1.37. The van der Waals surface area contributed by atoms with E-state index in [4.69, 9.17) is 17.3 Å². The molecule has 0 aliphatic heterocycles. The van der Waals surface area contributed by atoms with E-state index in [0.29, 0.717) is 29.0 Å². The number of allylic oxidation sites excluding steroid dienone is 1. The highest BCUT2D eigenvalue weighted by atomic mass is 35.5. The summed E-state index contributed by atoms with van der Waals surface area (Å²) in [6, 6.07) is 0.490. The van der Waals surface area contributed by atoms with Gasteiger partial charge in [0.2, 0.25) is 5.78 Å². The zero-order valence-corrected chi connectivity index (χ0v) is 26.1. The van der Waals surface area contributed by atoms with Crippen molar-refractivity contribution in [3.05, 3.63) is 50.4 Å². The van der Waals surface area contributed by atoms with Gasteiger partial charge in [-0.1, -0.05) is 30.9 Å². The number of Topliss-reactive ketones (excluding diaryl/α,β-unsaturated/α-hetero) is 2. The van der Waals surface area contributed by atoms with Crippen molar-refractivity contribution in [2.24, 2.45) is 29.4 Å². The van der Waals surface area contributed by atoms with E-state index >= 15 is 0 Å². The maximum absolute atomic E-state index is 14.0. The highest BCUT2D eigenvalue weighted by Gasteiger charge is 2.63. The van der Waals surface area contributed by atoms with Gasteiger partial charge in [-0.15, -0.1) is 0 Å². The number of hydrogen-bond acceptors (Lipinski definition) is 9. The summed E-state index contributed by atoms with van der Waals surface area (Å²) in [5, 5.41) is 45.8. The summed E-state index contributed by atoms with van der Waals surface area (Å²) in [6.07, 6.45) is 8.87. The molecule has 0 heterocycles. The molecule has 0 aromatic heterocycles. The number of carbonyl (C=O) groups is 3. The van der Waals surface area contributed by atoms with Crippen molar-refractivity contribution in [2.75, 3.05) is 27.2 Å². The summed E-state index contributed by atoms with van der Waals surface area (Å²) in [5.74, 6) is -5.38. The first kappa shape index (κ1) is 31.1. The van der Waals surface area contributed by atoms with Gasteiger partial charge in [-0.2, -0.15) is 0 Å². The van der Waals surface area contributed by atoms with Gasteiger partial charge in [0, 0.05) is 36.1 Å². The van der Waals surface area contributed by atoms with Crippen LogP contribution in [0.4, 0.5) is 0 Å². The first-order chi connectivity index (χ1) is 20.8. The van der Waals surface area contributed by atoms with E-state index in [1.54, 1.807) is 14.1 Å². The third kappa shape index (κ3) is 5.04. The van der Waals surface area contributed by atoms with Gasteiger partial charge in [-0.05, 0) is 87.6 Å². The van der Waals surface area contributed by atoms with Gasteiger partial charge in [-0.25, -0.2) is 0 Å². The number of primary amides is 1. The lowest BCUT2D eigenvalue weighted by Gasteiger charge is -2.50. The second-order valence-electron chi connectivity index (χ2n) is 13.8. The maximum atomic E-state index is 14.0. The molecule has 0 saturated heterocycles. The average Bonchev–Trinajstić information content (AvgIpc) is 3.77. The summed E-state index contributed by atoms with van der Waals surface area (Å²) >= 11 is 7.04. The first-order valence-electron chi connectivity index (χ1n) is 15.7. The standard InChI is InChI=1S/C33H42ClN3O7/c1-36(2)27-21-11-18-10-20-24(28(39)23(18)30(41)33(21,44)31(42)25(29(27)40)32(35)43)22(38)12-19(26(20)34)15-37(14-17-8-9-17)13-16-6-4-3-5-7-16/h12,16-18,21,27,38,40-41,44H,3-11,13-15H2,1-2H3,(H2,35,43)/t18-,21-,27-,33-/m0/s1. The Morgan fingerprint density at radius 3 is 2.27 bits per heavy atom. The highest BCUT2D eigenvalue weighted by Crippen LogP contribution is 2.53. The van der Waals surface area contributed by atoms with Gasteiger partial charge < -0.3 is 26.2 Å². The summed E-state index contributed by atoms with van der Waals surface area (Å²) in [4.78, 5) is 43.6. The Morgan fingerprint density at radius 1 is 1.05 bits per heavy atom. The molecule has 238 valence electrons. The zero-order chi connectivity index (χ0) is 31.7. The number of ketones is 2. The molecule has 6 N–H and O–H groups in total. The monoisotopic (exact) mass is 627 g/mol. The number of fused-ring (bicyclic) bond motifs is 3. The molecule has 2 fully saturated rings. The van der Waals surface area contributed by atoms with Crippen LogP contribution in [0, 0.1) is 23.7 Å². The van der Waals surface area contributed by atoms with Crippen molar-refractivity contribution in [1.29, 1.82) is 0 Å². The van der Waals surface area contributed by atoms with Crippen LogP contribution >= 0.6 is 11.6 Å². The van der Waals surface area contributed by atoms with Crippen molar-refractivity contribution < 1.29 is 34.8 Å². The Labute approximate surface area is 262 Å². The zero-order valence-electron chi connectivity index (χ0n) is 25.3. The molecule has 0 spiro atoms. The van der Waals surface area contributed by atoms with Crippen LogP contribution in [0.25, 0.3) is 0 Å². The lowest BCUT2D eigenvalue weighted by atomic mass is 9.58. The largest absolute Gasteiger partial charge is 0.510 e. The Morgan fingerprint density at radius 2 is 1.68 bits per heavy atom. The number of nitrogens with zero attached hydrogens (tertiary/aromatic N) is 2. The van der Waals surface area contributed by atoms with Gasteiger partial charge in [0.05, 0.1) is 11.6 Å². The number of amides is 1. The second-order valence-corrected chi connectivity index (χ2v) is 14.2. The molecule has 10 nitrogen and oxygen atoms in total. The van der Waals surface area contributed by atoms with Crippen molar-refractivity contribution in [3.8, 4) is 5.75 Å². The molecule has 5 aliphatic rings. The number of aliphatic hydroxyl groups is 3. The number of aromatic hydroxyl groups is 1. The number of nitrogens with two attached hydrogens (primary N) is 1. The third-order valence-corrected chi connectivity index (χ3v) is 11.1. The van der Waals surface area contributed by atoms with E-state index in [0.717, 1.165) is 18.7 Å². The number of rotatable bonds is 8. The lowest BCUT2D eigenvalue weighted by Crippen LogP contribution is -2.63. The molecular formula is C33H42ClN3O7. The van der Waals surface area contributed by atoms with Gasteiger partial charge in [0.1, 0.15) is 22.8 Å². The lowest BCUT2D eigenvalue weighted by molar-refractivity contribution is -0.148. The number of hydrogen-bond donors (Lipinski definition) is 5. The van der Waals surface area contributed by atoms with E-state index in [1.165, 1.54) is 55.9 Å². The topological polar surface area (TPSA) is 165 Å². The van der Waals surface area contributed by atoms with Gasteiger partial charge in [0.25, 0.3) is 5.91 Å². The van der Waals surface area contributed by atoms with Crippen molar-refractivity contribution >= 4 is 29.1 Å². The van der Waals surface area contributed by atoms with Gasteiger partial charge in [-0.3, -0.25) is 24.2 Å². The van der Waals surface area contributed by atoms with E-state index < -0.39 is 58.0 Å². The normalized spacial score (nSPS) is 29.3. The molecule has 5 aliphatic carbocycles. The molecule has 1 amide bonds. The molecule has 0 radical (unpaired) electrons. The molecule has 11 heteroatoms. The van der Waals surface area contributed by atoms with E-state index in [-0.39, 0.29) is 29.7 Å². The minimum atomic E-state index is -2.66. The van der Waals surface area contributed by atoms with E-state index in [2.05, 4.69) is 4.90 Å². The van der Waals surface area contributed by atoms with Crippen LogP contribution < -0.4 is 5.73 Å². The Kier molecular flexibility index (Phi) is 8.10. The van der Waals surface area contributed by atoms with Crippen LogP contribution in [0.2, 0.25) is 5.02 Å². The number of phenolic OH excluding ortho intramolecular Hbond substituents is 1. The number of likely N-dealkylation sites (N-methyl/N-ethyl adjacent to an activating group) is 1. The van der Waals surface area contributed by atoms with Crippen molar-refractivity contribution in [3.63, 3.8) is 0 Å². The molecule has 0 unspecified atom stereocenters. The summed E-state index contributed by atoms with van der Waals surface area (Å²) in [6.45, 7) is 2.49. The number of phenols is 1. The molecule has 4 atom stereocenters. The first-order valence-corrected chi connectivity index (χ1v) is 16.1. The van der Waals surface area contributed by atoms with Crippen molar-refractivity contribution in [2.45, 2.75) is 76.0 Å². The van der Waals surface area contributed by atoms with Crippen LogP contribution in [0.1, 0.15) is 72.9 Å². The minimum absolute atomic E-state index is 0.0303. The second kappa shape index (κ2) is 11.5. The van der Waals surface area contributed by atoms with Crippen LogP contribution in [0.3, 0.4) is 0 Å². The highest BCUT2D eigenvalue weighted by molar-refractivity contribution is 6.33. The van der Waals surface area contributed by atoms with Crippen LogP contribution in [0.5, 0.6) is 5.75 Å². The minimum Gasteiger partial charge on any atom is -0.510 e. The van der Waals surface area contributed by atoms with Gasteiger partial charge >= 0.3 is 0 Å². The summed E-state index contributed by atoms with van der Waals surface area (Å²) in [7, 11) is 3.21. The molecule has 0 bridgehead atoms. The molecule has 6 rings (SSSR count). The van der Waals surface area contributed by atoms with Crippen LogP contribution in [-0.4, -0.2) is 86.5 Å². The number of aliphatic hydroxyl groups excluding tert-OH is 2. The number of halogens is 1. The fourth-order valence-corrected chi connectivity index (χ4v) is 8.60. The Hall–Kier alpha value is -2.92. The van der Waals surface area contributed by atoms with E-state index in [1.807, 2.05) is 0 Å². The SMILES string of the molecule is CN(C)[C@@H]1C(O)=C(C(N)=O)C(=O)[C@@]2(O)C(O)=C3C(=O)c4c(O)cc(CN(CC5CCCCC5)CC5CC5)c(Cl)c4C[C@H]3C[C@@H]12. The molecular weight excluding hydrogens is 586 g/mol. The summed E-state index contributed by atoms with van der Waals surface area (Å²) in [5.41, 5.74) is 2.90. The maximum Gasteiger partial charge on any atom is 0.255 e. The average molecular weight is 628 g/mol. The van der Waals surface area contributed by atoms with Gasteiger partial charge in [0.15, 0.2) is 11.4 Å². The molecule has 2 saturated carbocycles. The fraction of sp³-hybridized carbons (Fsp3) is 0.606. The molecule has 44 heavy (non-hydrogen) atoms. The molecule has 1 aromatic rings. The third-order valence-electron chi connectivity index (χ3n) is 10.6. The van der Waals surface area contributed by atoms with Crippen LogP contribution in [0.15, 0.2) is 28.7 Å². The fourth-order valence-electron chi connectivity index (χ4n) is 8.31. The molecule has 1 aromatic carbocycles.